The Bertz CT molecular complexity index is 509. The van der Waals surface area contributed by atoms with Crippen molar-refractivity contribution in [3.8, 4) is 6.07 Å². The van der Waals surface area contributed by atoms with E-state index < -0.39 is 18.3 Å². The normalized spacial score (nSPS) is 20.8. The number of nitriles is 1. The van der Waals surface area contributed by atoms with Crippen LogP contribution in [-0.4, -0.2) is 23.3 Å². The van der Waals surface area contributed by atoms with Gasteiger partial charge in [0.05, 0.1) is 11.2 Å². The van der Waals surface area contributed by atoms with Crippen LogP contribution in [0.5, 0.6) is 0 Å². The highest BCUT2D eigenvalue weighted by molar-refractivity contribution is 6.66. The van der Waals surface area contributed by atoms with E-state index in [9.17, 15) is 0 Å². The van der Waals surface area contributed by atoms with Crippen molar-refractivity contribution in [2.24, 2.45) is 0 Å². The topological polar surface area (TPSA) is 55.1 Å². The van der Waals surface area contributed by atoms with Gasteiger partial charge in [-0.1, -0.05) is 11.6 Å². The van der Waals surface area contributed by atoms with Gasteiger partial charge in [-0.3, -0.25) is 0 Å². The molecule has 1 aliphatic heterocycles. The second-order valence-electron chi connectivity index (χ2n) is 5.26. The smallest absolute Gasteiger partial charge is 0.399 e. The van der Waals surface area contributed by atoms with E-state index >= 15 is 0 Å². The van der Waals surface area contributed by atoms with Gasteiger partial charge in [0, 0.05) is 16.7 Å². The monoisotopic (exact) mass is 264 g/mol. The lowest BCUT2D eigenvalue weighted by Crippen LogP contribution is -2.41. The Morgan fingerprint density at radius 1 is 1.28 bits per heavy atom. The number of nitrogens with zero attached hydrogens (tertiary/aromatic N) is 2. The molecule has 0 N–H and O–H groups in total. The molecule has 0 unspecified atom stereocenters. The van der Waals surface area contributed by atoms with Crippen LogP contribution in [0.4, 0.5) is 0 Å². The Hall–Kier alpha value is -1.09. The molecule has 0 aromatic carbocycles. The van der Waals surface area contributed by atoms with Gasteiger partial charge in [0.1, 0.15) is 11.8 Å². The van der Waals surface area contributed by atoms with Gasteiger partial charge in [0.25, 0.3) is 0 Å². The fourth-order valence-electron chi connectivity index (χ4n) is 1.72. The lowest BCUT2D eigenvalue weighted by atomic mass is 9.78. The summed E-state index contributed by atoms with van der Waals surface area (Å²) in [4.78, 5) is 3.99. The highest BCUT2D eigenvalue weighted by atomic mass is 35.5. The molecule has 6 heteroatoms. The fourth-order valence-corrected chi connectivity index (χ4v) is 1.96. The zero-order valence-electron chi connectivity index (χ0n) is 10.8. The number of pyridine rings is 1. The summed E-state index contributed by atoms with van der Waals surface area (Å²) in [6, 6.07) is 3.64. The third kappa shape index (κ3) is 2.01. The van der Waals surface area contributed by atoms with E-state index in [0.717, 1.165) is 0 Å². The van der Waals surface area contributed by atoms with Gasteiger partial charge in [0.15, 0.2) is 0 Å². The number of hydrogen-bond donors (Lipinski definition) is 0. The minimum absolute atomic E-state index is 0.237. The van der Waals surface area contributed by atoms with Gasteiger partial charge < -0.3 is 9.31 Å². The summed E-state index contributed by atoms with van der Waals surface area (Å²) in [5.74, 6) is 0. The minimum Gasteiger partial charge on any atom is -0.399 e. The Kier molecular flexibility index (Phi) is 3.14. The van der Waals surface area contributed by atoms with Crippen LogP contribution >= 0.6 is 11.6 Å². The molecule has 0 atom stereocenters. The van der Waals surface area contributed by atoms with Crippen molar-refractivity contribution in [3.63, 3.8) is 0 Å². The molecule has 0 spiro atoms. The summed E-state index contributed by atoms with van der Waals surface area (Å²) < 4.78 is 11.8. The van der Waals surface area contributed by atoms with E-state index in [-0.39, 0.29) is 5.69 Å². The van der Waals surface area contributed by atoms with Crippen molar-refractivity contribution < 1.29 is 9.31 Å². The molecule has 94 valence electrons. The first kappa shape index (κ1) is 13.3. The molecule has 0 amide bonds. The average Bonchev–Trinajstić information content (AvgIpc) is 2.47. The SMILES string of the molecule is CC1(C)OB(c2c(Cl)ccnc2C#N)OC1(C)C. The van der Waals surface area contributed by atoms with Gasteiger partial charge in [-0.15, -0.1) is 0 Å². The summed E-state index contributed by atoms with van der Waals surface area (Å²) in [6.45, 7) is 7.79. The summed E-state index contributed by atoms with van der Waals surface area (Å²) in [5, 5.41) is 9.51. The Morgan fingerprint density at radius 3 is 2.33 bits per heavy atom. The van der Waals surface area contributed by atoms with Crippen molar-refractivity contribution in [2.45, 2.75) is 38.9 Å². The molecule has 1 saturated heterocycles. The number of rotatable bonds is 1. The molecular formula is C12H14BClN2O2. The third-order valence-electron chi connectivity index (χ3n) is 3.53. The van der Waals surface area contributed by atoms with Gasteiger partial charge in [-0.05, 0) is 33.8 Å². The van der Waals surface area contributed by atoms with Crippen molar-refractivity contribution in [2.75, 3.05) is 0 Å². The van der Waals surface area contributed by atoms with Gasteiger partial charge in [0.2, 0.25) is 0 Å². The van der Waals surface area contributed by atoms with Crippen LogP contribution in [0.3, 0.4) is 0 Å². The first-order valence-electron chi connectivity index (χ1n) is 5.68. The standard InChI is InChI=1S/C12H14BClN2O2/c1-11(2)12(3,4)18-13(17-11)10-8(14)5-6-16-9(10)7-15/h5-6H,1-4H3. The summed E-state index contributed by atoms with van der Waals surface area (Å²) in [6.07, 6.45) is 1.50. The molecule has 0 bridgehead atoms. The molecule has 18 heavy (non-hydrogen) atoms. The van der Waals surface area contributed by atoms with E-state index in [1.807, 2.05) is 33.8 Å². The first-order valence-corrected chi connectivity index (χ1v) is 6.06. The van der Waals surface area contributed by atoms with E-state index in [1.165, 1.54) is 6.20 Å². The average molecular weight is 265 g/mol. The van der Waals surface area contributed by atoms with Crippen LogP contribution in [0, 0.1) is 11.3 Å². The zero-order valence-corrected chi connectivity index (χ0v) is 11.6. The molecule has 1 aliphatic rings. The highest BCUT2D eigenvalue weighted by Gasteiger charge is 2.53. The Morgan fingerprint density at radius 2 is 1.83 bits per heavy atom. The van der Waals surface area contributed by atoms with Crippen molar-refractivity contribution in [1.82, 2.24) is 4.98 Å². The van der Waals surface area contributed by atoms with Crippen LogP contribution in [0.25, 0.3) is 0 Å². The molecule has 0 saturated carbocycles. The number of halogens is 1. The van der Waals surface area contributed by atoms with Crippen LogP contribution in [0.1, 0.15) is 33.4 Å². The number of hydrogen-bond acceptors (Lipinski definition) is 4. The van der Waals surface area contributed by atoms with Crippen LogP contribution in [-0.2, 0) is 9.31 Å². The Balaban J connectivity index is 2.45. The van der Waals surface area contributed by atoms with E-state index in [1.54, 1.807) is 6.07 Å². The largest absolute Gasteiger partial charge is 0.499 e. The molecule has 4 nitrogen and oxygen atoms in total. The molecular weight excluding hydrogens is 250 g/mol. The summed E-state index contributed by atoms with van der Waals surface area (Å²) >= 11 is 6.12. The summed E-state index contributed by atoms with van der Waals surface area (Å²) in [7, 11) is -0.661. The van der Waals surface area contributed by atoms with Crippen LogP contribution in [0.2, 0.25) is 5.02 Å². The molecule has 1 aromatic rings. The molecule has 0 radical (unpaired) electrons. The van der Waals surface area contributed by atoms with Crippen molar-refractivity contribution >= 4 is 24.2 Å². The zero-order chi connectivity index (χ0) is 13.6. The second-order valence-corrected chi connectivity index (χ2v) is 5.66. The molecule has 1 aromatic heterocycles. The Labute approximate surface area is 112 Å². The second kappa shape index (κ2) is 4.23. The lowest BCUT2D eigenvalue weighted by molar-refractivity contribution is 0.00578. The minimum atomic E-state index is -0.661. The maximum atomic E-state index is 9.08. The van der Waals surface area contributed by atoms with E-state index in [0.29, 0.717) is 10.5 Å². The van der Waals surface area contributed by atoms with Gasteiger partial charge in [-0.25, -0.2) is 4.98 Å². The quantitative estimate of drug-likeness (QED) is 0.727. The third-order valence-corrected chi connectivity index (χ3v) is 3.86. The van der Waals surface area contributed by atoms with Crippen LogP contribution < -0.4 is 5.46 Å². The molecule has 0 aliphatic carbocycles. The van der Waals surface area contributed by atoms with Crippen molar-refractivity contribution in [3.05, 3.63) is 23.0 Å². The molecule has 2 heterocycles. The lowest BCUT2D eigenvalue weighted by Gasteiger charge is -2.32. The number of aromatic nitrogens is 1. The predicted octanol–water partition coefficient (Wildman–Crippen LogP) is 1.91. The fraction of sp³-hybridized carbons (Fsp3) is 0.500. The predicted molar refractivity (Wildman–Crippen MR) is 69.7 cm³/mol. The van der Waals surface area contributed by atoms with Gasteiger partial charge in [-0.2, -0.15) is 5.26 Å². The van der Waals surface area contributed by atoms with E-state index in [4.69, 9.17) is 26.2 Å². The molecule has 1 fully saturated rings. The molecule has 2 rings (SSSR count). The van der Waals surface area contributed by atoms with Crippen molar-refractivity contribution in [1.29, 1.82) is 5.26 Å². The highest BCUT2D eigenvalue weighted by Crippen LogP contribution is 2.37. The maximum Gasteiger partial charge on any atom is 0.499 e. The first-order chi connectivity index (χ1) is 8.28. The van der Waals surface area contributed by atoms with Crippen LogP contribution in [0.15, 0.2) is 12.3 Å². The van der Waals surface area contributed by atoms with E-state index in [2.05, 4.69) is 4.98 Å². The summed E-state index contributed by atoms with van der Waals surface area (Å²) in [5.41, 5.74) is -0.200. The van der Waals surface area contributed by atoms with Gasteiger partial charge >= 0.3 is 7.12 Å². The maximum absolute atomic E-state index is 9.08.